The Morgan fingerprint density at radius 3 is 2.18 bits per heavy atom. The second-order valence-electron chi connectivity index (χ2n) is 5.98. The van der Waals surface area contributed by atoms with Gasteiger partial charge in [-0.05, 0) is 19.3 Å². The van der Waals surface area contributed by atoms with E-state index in [1.54, 1.807) is 16.9 Å². The number of carbonyl (C=O) groups excluding carboxylic acids is 3. The Labute approximate surface area is 131 Å². The van der Waals surface area contributed by atoms with Crippen LogP contribution in [-0.4, -0.2) is 74.0 Å². The topological polar surface area (TPSA) is 79.0 Å². The number of amides is 3. The normalized spacial score (nSPS) is 19.7. The van der Waals surface area contributed by atoms with Crippen molar-refractivity contribution in [2.24, 2.45) is 5.41 Å². The van der Waals surface area contributed by atoms with Crippen molar-refractivity contribution in [2.45, 2.75) is 26.2 Å². The molecule has 0 bridgehead atoms. The van der Waals surface area contributed by atoms with Crippen molar-refractivity contribution in [2.75, 3.05) is 46.4 Å². The summed E-state index contributed by atoms with van der Waals surface area (Å²) in [7, 11) is 1.62. The summed E-state index contributed by atoms with van der Waals surface area (Å²) in [6.45, 7) is 4.77. The zero-order chi connectivity index (χ0) is 16.2. The molecule has 1 heterocycles. The molecule has 0 spiro atoms. The summed E-state index contributed by atoms with van der Waals surface area (Å²) in [5.41, 5.74) is -0.856. The molecular formula is C15H25N3O4. The van der Waals surface area contributed by atoms with Crippen molar-refractivity contribution in [3.63, 3.8) is 0 Å². The second kappa shape index (κ2) is 7.09. The van der Waals surface area contributed by atoms with Crippen LogP contribution in [0.4, 0.5) is 0 Å². The van der Waals surface area contributed by atoms with Gasteiger partial charge in [0.15, 0.2) is 0 Å². The van der Waals surface area contributed by atoms with Crippen LogP contribution in [0.1, 0.15) is 26.2 Å². The van der Waals surface area contributed by atoms with Gasteiger partial charge >= 0.3 is 0 Å². The first kappa shape index (κ1) is 16.7. The molecule has 1 aliphatic heterocycles. The molecule has 3 amide bonds. The van der Waals surface area contributed by atoms with Gasteiger partial charge in [0.25, 0.3) is 0 Å². The van der Waals surface area contributed by atoms with E-state index in [1.807, 2.05) is 0 Å². The van der Waals surface area contributed by atoms with Crippen LogP contribution in [0.15, 0.2) is 0 Å². The average molecular weight is 311 g/mol. The number of hydrogen-bond donors (Lipinski definition) is 1. The predicted molar refractivity (Wildman–Crippen MR) is 80.0 cm³/mol. The molecule has 2 aliphatic rings. The van der Waals surface area contributed by atoms with Crippen LogP contribution >= 0.6 is 0 Å². The highest BCUT2D eigenvalue weighted by Gasteiger charge is 2.58. The quantitative estimate of drug-likeness (QED) is 0.535. The van der Waals surface area contributed by atoms with Crippen molar-refractivity contribution in [3.05, 3.63) is 0 Å². The Balaban J connectivity index is 1.84. The standard InChI is InChI=1S/C15H25N3O4/c1-12(19)17-7-9-18(10-8-17)14(21)15(4-5-15)13(20)16-6-3-11-22-2/h3-11H2,1-2H3,(H,16,20). The molecule has 22 heavy (non-hydrogen) atoms. The largest absolute Gasteiger partial charge is 0.385 e. The molecule has 0 aromatic rings. The van der Waals surface area contributed by atoms with Crippen LogP contribution < -0.4 is 5.32 Å². The number of methoxy groups -OCH3 is 1. The maximum Gasteiger partial charge on any atom is 0.238 e. The number of nitrogens with zero attached hydrogens (tertiary/aromatic N) is 2. The molecule has 0 atom stereocenters. The van der Waals surface area contributed by atoms with E-state index in [0.29, 0.717) is 52.2 Å². The van der Waals surface area contributed by atoms with E-state index in [4.69, 9.17) is 4.74 Å². The lowest BCUT2D eigenvalue weighted by Crippen LogP contribution is -2.54. The minimum absolute atomic E-state index is 0.0316. The third-order valence-corrected chi connectivity index (χ3v) is 4.42. The number of ether oxygens (including phenoxy) is 1. The Hall–Kier alpha value is -1.63. The summed E-state index contributed by atoms with van der Waals surface area (Å²) < 4.78 is 4.94. The van der Waals surface area contributed by atoms with Crippen LogP contribution in [0.3, 0.4) is 0 Å². The molecule has 7 nitrogen and oxygen atoms in total. The summed E-state index contributed by atoms with van der Waals surface area (Å²) in [5.74, 6) is -0.216. The van der Waals surface area contributed by atoms with Gasteiger partial charge in [-0.2, -0.15) is 0 Å². The van der Waals surface area contributed by atoms with Gasteiger partial charge < -0.3 is 19.9 Å². The third-order valence-electron chi connectivity index (χ3n) is 4.42. The molecule has 0 unspecified atom stereocenters. The van der Waals surface area contributed by atoms with Gasteiger partial charge in [-0.25, -0.2) is 0 Å². The maximum atomic E-state index is 12.6. The third kappa shape index (κ3) is 3.58. The maximum absolute atomic E-state index is 12.6. The average Bonchev–Trinajstić information content (AvgIpc) is 3.32. The van der Waals surface area contributed by atoms with Gasteiger partial charge in [0.1, 0.15) is 5.41 Å². The summed E-state index contributed by atoms with van der Waals surface area (Å²) in [6, 6.07) is 0. The van der Waals surface area contributed by atoms with Gasteiger partial charge in [-0.15, -0.1) is 0 Å². The molecule has 124 valence electrons. The van der Waals surface area contributed by atoms with Gasteiger partial charge in [0.05, 0.1) is 0 Å². The molecular weight excluding hydrogens is 286 g/mol. The molecule has 2 rings (SSSR count). The zero-order valence-corrected chi connectivity index (χ0v) is 13.4. The Morgan fingerprint density at radius 1 is 1.09 bits per heavy atom. The lowest BCUT2D eigenvalue weighted by molar-refractivity contribution is -0.147. The monoisotopic (exact) mass is 311 g/mol. The molecule has 0 aromatic heterocycles. The van der Waals surface area contributed by atoms with E-state index in [2.05, 4.69) is 5.32 Å². The van der Waals surface area contributed by atoms with Crippen LogP contribution in [0.2, 0.25) is 0 Å². The minimum atomic E-state index is -0.856. The molecule has 7 heteroatoms. The SMILES string of the molecule is COCCCNC(=O)C1(C(=O)N2CCN(C(C)=O)CC2)CC1. The van der Waals surface area contributed by atoms with Crippen molar-refractivity contribution < 1.29 is 19.1 Å². The first-order valence-electron chi connectivity index (χ1n) is 7.83. The van der Waals surface area contributed by atoms with E-state index in [1.165, 1.54) is 6.92 Å². The summed E-state index contributed by atoms with van der Waals surface area (Å²) in [6.07, 6.45) is 1.98. The Kier molecular flexibility index (Phi) is 5.39. The lowest BCUT2D eigenvalue weighted by Gasteiger charge is -2.35. The number of nitrogens with one attached hydrogen (secondary N) is 1. The molecule has 0 radical (unpaired) electrons. The molecule has 1 aliphatic carbocycles. The minimum Gasteiger partial charge on any atom is -0.385 e. The van der Waals surface area contributed by atoms with Gasteiger partial charge in [-0.1, -0.05) is 0 Å². The fourth-order valence-electron chi connectivity index (χ4n) is 2.78. The van der Waals surface area contributed by atoms with Crippen LogP contribution in [0.25, 0.3) is 0 Å². The first-order valence-corrected chi connectivity index (χ1v) is 7.83. The summed E-state index contributed by atoms with van der Waals surface area (Å²) in [5, 5.41) is 2.84. The number of piperazine rings is 1. The van der Waals surface area contributed by atoms with Crippen LogP contribution in [0.5, 0.6) is 0 Å². The second-order valence-corrected chi connectivity index (χ2v) is 5.98. The molecule has 2 fully saturated rings. The smallest absolute Gasteiger partial charge is 0.238 e. The van der Waals surface area contributed by atoms with E-state index in [-0.39, 0.29) is 17.7 Å². The molecule has 1 saturated carbocycles. The summed E-state index contributed by atoms with van der Waals surface area (Å²) >= 11 is 0. The van der Waals surface area contributed by atoms with Gasteiger partial charge in [0.2, 0.25) is 17.7 Å². The van der Waals surface area contributed by atoms with Crippen LogP contribution in [0, 0.1) is 5.41 Å². The molecule has 1 N–H and O–H groups in total. The van der Waals surface area contributed by atoms with E-state index < -0.39 is 5.41 Å². The number of hydrogen-bond acceptors (Lipinski definition) is 4. The van der Waals surface area contributed by atoms with Gasteiger partial charge in [0, 0.05) is 53.4 Å². The predicted octanol–water partition coefficient (Wildman–Crippen LogP) is -0.390. The van der Waals surface area contributed by atoms with E-state index >= 15 is 0 Å². The number of carbonyl (C=O) groups is 3. The van der Waals surface area contributed by atoms with Crippen molar-refractivity contribution in [1.29, 1.82) is 0 Å². The first-order chi connectivity index (χ1) is 10.5. The van der Waals surface area contributed by atoms with Crippen molar-refractivity contribution in [3.8, 4) is 0 Å². The Morgan fingerprint density at radius 2 is 1.68 bits per heavy atom. The fraction of sp³-hybridized carbons (Fsp3) is 0.800. The number of rotatable bonds is 6. The Bertz CT molecular complexity index is 440. The van der Waals surface area contributed by atoms with Gasteiger partial charge in [-0.3, -0.25) is 14.4 Å². The zero-order valence-electron chi connectivity index (χ0n) is 13.4. The van der Waals surface area contributed by atoms with Crippen molar-refractivity contribution >= 4 is 17.7 Å². The highest BCUT2D eigenvalue weighted by Crippen LogP contribution is 2.47. The highest BCUT2D eigenvalue weighted by atomic mass is 16.5. The molecule has 1 saturated heterocycles. The fourth-order valence-corrected chi connectivity index (χ4v) is 2.78. The lowest BCUT2D eigenvalue weighted by atomic mass is 10.0. The highest BCUT2D eigenvalue weighted by molar-refractivity contribution is 6.07. The van der Waals surface area contributed by atoms with Crippen molar-refractivity contribution in [1.82, 2.24) is 15.1 Å². The van der Waals surface area contributed by atoms with Crippen LogP contribution in [-0.2, 0) is 19.1 Å². The molecule has 0 aromatic carbocycles. The van der Waals surface area contributed by atoms with E-state index in [0.717, 1.165) is 6.42 Å². The summed E-state index contributed by atoms with van der Waals surface area (Å²) in [4.78, 5) is 39.7. The van der Waals surface area contributed by atoms with E-state index in [9.17, 15) is 14.4 Å².